The Bertz CT molecular complexity index is 978. The average molecular weight is 430 g/mol. The van der Waals surface area contributed by atoms with Crippen LogP contribution in [-0.2, 0) is 15.7 Å². The third-order valence-corrected chi connectivity index (χ3v) is 5.75. The Labute approximate surface area is 183 Å². The average Bonchev–Trinajstić information content (AvgIpc) is 2.84. The minimum atomic E-state index is -0.196. The number of thiocarbonyl (C=S) groups is 1. The summed E-state index contributed by atoms with van der Waals surface area (Å²) in [5.74, 6) is 0.367. The highest BCUT2D eigenvalue weighted by Gasteiger charge is 2.31. The molecule has 0 radical (unpaired) electrons. The first-order valence-corrected chi connectivity index (χ1v) is 10.4. The number of fused-ring (bicyclic) bond motifs is 1. The molecule has 0 bridgehead atoms. The van der Waals surface area contributed by atoms with Crippen molar-refractivity contribution in [3.63, 3.8) is 0 Å². The van der Waals surface area contributed by atoms with Crippen LogP contribution in [0.15, 0.2) is 30.3 Å². The molecule has 0 atom stereocenters. The van der Waals surface area contributed by atoms with E-state index in [1.165, 1.54) is 0 Å². The third kappa shape index (κ3) is 4.07. The van der Waals surface area contributed by atoms with Crippen molar-refractivity contribution >= 4 is 46.1 Å². The SMILES string of the molecule is CON1C(=S)C(=Cc2cc(C(C)(C)C)c(O)c(C(C)(C)C)c2)c2ccc(Cl)cc21. The quantitative estimate of drug-likeness (QED) is 0.416. The number of hydrogen-bond donors (Lipinski definition) is 1. The highest BCUT2D eigenvalue weighted by Crippen LogP contribution is 2.43. The highest BCUT2D eigenvalue weighted by molar-refractivity contribution is 7.81. The van der Waals surface area contributed by atoms with Crippen LogP contribution in [0.5, 0.6) is 5.75 Å². The molecule has 0 amide bonds. The summed E-state index contributed by atoms with van der Waals surface area (Å²) in [5, 5.41) is 13.2. The lowest BCUT2D eigenvalue weighted by atomic mass is 9.78. The van der Waals surface area contributed by atoms with E-state index < -0.39 is 0 Å². The van der Waals surface area contributed by atoms with Gasteiger partial charge in [-0.05, 0) is 46.7 Å². The van der Waals surface area contributed by atoms with Gasteiger partial charge in [0.1, 0.15) is 10.7 Å². The zero-order chi connectivity index (χ0) is 21.7. The Morgan fingerprint density at radius 2 is 1.55 bits per heavy atom. The van der Waals surface area contributed by atoms with Gasteiger partial charge < -0.3 is 5.11 Å². The van der Waals surface area contributed by atoms with E-state index in [9.17, 15) is 5.11 Å². The number of phenols is 1. The number of hydrogen-bond acceptors (Lipinski definition) is 3. The standard InChI is InChI=1S/C24H28ClNO2S/c1-23(2,3)18-11-14(12-19(21(18)27)24(4,5)6)10-17-16-9-8-15(25)13-20(16)26(28-7)22(17)29/h8-13,27H,1-7H3. The second-order valence-electron chi connectivity index (χ2n) is 9.47. The van der Waals surface area contributed by atoms with Gasteiger partial charge in [-0.15, -0.1) is 0 Å². The Morgan fingerprint density at radius 3 is 2.03 bits per heavy atom. The molecule has 0 unspecified atom stereocenters. The van der Waals surface area contributed by atoms with E-state index in [1.807, 2.05) is 30.3 Å². The molecule has 0 saturated carbocycles. The van der Waals surface area contributed by atoms with Crippen LogP contribution in [0.3, 0.4) is 0 Å². The second-order valence-corrected chi connectivity index (χ2v) is 10.3. The molecule has 1 aliphatic rings. The molecule has 0 saturated heterocycles. The van der Waals surface area contributed by atoms with Crippen LogP contribution in [0.25, 0.3) is 11.6 Å². The molecule has 1 N–H and O–H groups in total. The van der Waals surface area contributed by atoms with Crippen LogP contribution in [0.2, 0.25) is 5.02 Å². The maximum Gasteiger partial charge on any atom is 0.140 e. The van der Waals surface area contributed by atoms with Crippen molar-refractivity contribution in [2.24, 2.45) is 0 Å². The van der Waals surface area contributed by atoms with Crippen molar-refractivity contribution < 1.29 is 9.94 Å². The number of anilines is 1. The fraction of sp³-hybridized carbons (Fsp3) is 0.375. The predicted octanol–water partition coefficient (Wildman–Crippen LogP) is 6.89. The zero-order valence-corrected chi connectivity index (χ0v) is 19.6. The first-order chi connectivity index (χ1) is 13.3. The molecule has 29 heavy (non-hydrogen) atoms. The molecule has 3 rings (SSSR count). The van der Waals surface area contributed by atoms with Gasteiger partial charge in [0.2, 0.25) is 0 Å². The smallest absolute Gasteiger partial charge is 0.140 e. The summed E-state index contributed by atoms with van der Waals surface area (Å²) < 4.78 is 0. The maximum absolute atomic E-state index is 11.0. The molecule has 2 aromatic rings. The molecule has 0 fully saturated rings. The largest absolute Gasteiger partial charge is 0.507 e. The van der Waals surface area contributed by atoms with E-state index in [1.54, 1.807) is 12.2 Å². The minimum absolute atomic E-state index is 0.196. The number of halogens is 1. The van der Waals surface area contributed by atoms with Crippen molar-refractivity contribution in [3.8, 4) is 5.75 Å². The van der Waals surface area contributed by atoms with Gasteiger partial charge in [-0.3, -0.25) is 4.84 Å². The third-order valence-electron chi connectivity index (χ3n) is 5.13. The Balaban J connectivity index is 2.25. The van der Waals surface area contributed by atoms with E-state index in [4.69, 9.17) is 28.7 Å². The lowest BCUT2D eigenvalue weighted by Crippen LogP contribution is -2.23. The van der Waals surface area contributed by atoms with Crippen molar-refractivity contribution in [2.45, 2.75) is 52.4 Å². The molecular formula is C24H28ClNO2S. The van der Waals surface area contributed by atoms with Gasteiger partial charge >= 0.3 is 0 Å². The number of nitrogens with zero attached hydrogens (tertiary/aromatic N) is 1. The summed E-state index contributed by atoms with van der Waals surface area (Å²) in [6, 6.07) is 9.76. The monoisotopic (exact) mass is 429 g/mol. The molecule has 1 aliphatic heterocycles. The molecule has 154 valence electrons. The molecule has 5 heteroatoms. The fourth-order valence-corrected chi connectivity index (χ4v) is 4.11. The molecule has 1 heterocycles. The summed E-state index contributed by atoms with van der Waals surface area (Å²) >= 11 is 11.9. The topological polar surface area (TPSA) is 32.7 Å². The summed E-state index contributed by atoms with van der Waals surface area (Å²) in [4.78, 5) is 6.09. The molecule has 2 aromatic carbocycles. The highest BCUT2D eigenvalue weighted by atomic mass is 35.5. The predicted molar refractivity (Wildman–Crippen MR) is 127 cm³/mol. The van der Waals surface area contributed by atoms with Crippen LogP contribution in [0, 0.1) is 0 Å². The summed E-state index contributed by atoms with van der Waals surface area (Å²) in [6.07, 6.45) is 2.07. The van der Waals surface area contributed by atoms with Crippen LogP contribution in [0.4, 0.5) is 5.69 Å². The van der Waals surface area contributed by atoms with Crippen molar-refractivity contribution in [1.29, 1.82) is 0 Å². The zero-order valence-electron chi connectivity index (χ0n) is 18.1. The van der Waals surface area contributed by atoms with Gasteiger partial charge in [-0.1, -0.05) is 71.4 Å². The van der Waals surface area contributed by atoms with E-state index in [0.717, 1.165) is 33.5 Å². The van der Waals surface area contributed by atoms with Gasteiger partial charge in [0.05, 0.1) is 12.8 Å². The van der Waals surface area contributed by atoms with Gasteiger partial charge in [-0.2, -0.15) is 0 Å². The van der Waals surface area contributed by atoms with Crippen molar-refractivity contribution in [3.05, 3.63) is 57.6 Å². The van der Waals surface area contributed by atoms with Crippen LogP contribution < -0.4 is 5.06 Å². The Kier molecular flexibility index (Phi) is 5.59. The lowest BCUT2D eigenvalue weighted by Gasteiger charge is -2.28. The number of aromatic hydroxyl groups is 1. The van der Waals surface area contributed by atoms with E-state index in [2.05, 4.69) is 47.6 Å². The number of phenolic OH excluding ortho intramolecular Hbond substituents is 1. The molecule has 0 aromatic heterocycles. The first-order valence-electron chi connectivity index (χ1n) is 9.62. The van der Waals surface area contributed by atoms with Crippen LogP contribution in [-0.4, -0.2) is 17.2 Å². The van der Waals surface area contributed by atoms with Gasteiger partial charge in [0.25, 0.3) is 0 Å². The summed E-state index contributed by atoms with van der Waals surface area (Å²) in [5.41, 5.74) is 5.15. The maximum atomic E-state index is 11.0. The van der Waals surface area contributed by atoms with E-state index in [0.29, 0.717) is 15.8 Å². The van der Waals surface area contributed by atoms with Crippen LogP contribution >= 0.6 is 23.8 Å². The number of rotatable bonds is 2. The molecule has 3 nitrogen and oxygen atoms in total. The molecular weight excluding hydrogens is 402 g/mol. The molecule has 0 aliphatic carbocycles. The number of hydroxylamine groups is 1. The van der Waals surface area contributed by atoms with E-state index in [-0.39, 0.29) is 10.8 Å². The first kappa shape index (κ1) is 21.8. The Morgan fingerprint density at radius 1 is 1.00 bits per heavy atom. The van der Waals surface area contributed by atoms with Gasteiger partial charge in [0.15, 0.2) is 0 Å². The minimum Gasteiger partial charge on any atom is -0.507 e. The van der Waals surface area contributed by atoms with Crippen molar-refractivity contribution in [2.75, 3.05) is 12.2 Å². The summed E-state index contributed by atoms with van der Waals surface area (Å²) in [7, 11) is 1.59. The van der Waals surface area contributed by atoms with Gasteiger partial charge in [0, 0.05) is 27.3 Å². The second kappa shape index (κ2) is 7.42. The lowest BCUT2D eigenvalue weighted by molar-refractivity contribution is 0.214. The van der Waals surface area contributed by atoms with Gasteiger partial charge in [-0.25, -0.2) is 5.06 Å². The summed E-state index contributed by atoms with van der Waals surface area (Å²) in [6.45, 7) is 12.6. The number of benzene rings is 2. The molecule has 0 spiro atoms. The van der Waals surface area contributed by atoms with Crippen LogP contribution in [0.1, 0.15) is 63.8 Å². The Hall–Kier alpha value is -1.88. The van der Waals surface area contributed by atoms with Crippen molar-refractivity contribution in [1.82, 2.24) is 0 Å². The van der Waals surface area contributed by atoms with E-state index >= 15 is 0 Å². The normalized spacial score (nSPS) is 15.9. The fourth-order valence-electron chi connectivity index (χ4n) is 3.61.